The first-order valence-electron chi connectivity index (χ1n) is 5.36. The highest BCUT2D eigenvalue weighted by atomic mass is 16.2. The number of nitrogens with zero attached hydrogens (tertiary/aromatic N) is 2. The van der Waals surface area contributed by atoms with Crippen LogP contribution >= 0.6 is 0 Å². The lowest BCUT2D eigenvalue weighted by Crippen LogP contribution is -2.39. The van der Waals surface area contributed by atoms with E-state index >= 15 is 0 Å². The van der Waals surface area contributed by atoms with Crippen LogP contribution in [-0.4, -0.2) is 29.7 Å². The van der Waals surface area contributed by atoms with Gasteiger partial charge >= 0.3 is 0 Å². The predicted octanol–water partition coefficient (Wildman–Crippen LogP) is 1.12. The number of hydrogen-bond donors (Lipinski definition) is 0. The van der Waals surface area contributed by atoms with Gasteiger partial charge < -0.3 is 4.90 Å². The Hall–Kier alpha value is -1.37. The number of amides is 1. The van der Waals surface area contributed by atoms with Gasteiger partial charge in [0.1, 0.15) is 12.2 Å². The van der Waals surface area contributed by atoms with E-state index in [1.807, 2.05) is 13.0 Å². The van der Waals surface area contributed by atoms with Crippen molar-refractivity contribution >= 4 is 11.7 Å². The molecule has 0 aromatic carbocycles. The summed E-state index contributed by atoms with van der Waals surface area (Å²) in [5, 5.41) is 8.39. The summed E-state index contributed by atoms with van der Waals surface area (Å²) in [5.41, 5.74) is 0. The lowest BCUT2D eigenvalue weighted by molar-refractivity contribution is -0.134. The normalized spacial score (nSPS) is 17.2. The summed E-state index contributed by atoms with van der Waals surface area (Å²) in [5.74, 6) is 0.309. The second-order valence-corrected chi connectivity index (χ2v) is 3.81. The van der Waals surface area contributed by atoms with Crippen molar-refractivity contribution in [2.75, 3.05) is 13.1 Å². The summed E-state index contributed by atoms with van der Waals surface area (Å²) >= 11 is 0. The quantitative estimate of drug-likeness (QED) is 0.698. The van der Waals surface area contributed by atoms with Crippen LogP contribution in [0, 0.1) is 17.2 Å². The van der Waals surface area contributed by atoms with E-state index in [9.17, 15) is 9.59 Å². The molecule has 1 aliphatic rings. The molecule has 0 N–H and O–H groups in total. The first kappa shape index (κ1) is 11.7. The van der Waals surface area contributed by atoms with E-state index in [0.29, 0.717) is 25.3 Å². The monoisotopic (exact) mass is 208 g/mol. The highest BCUT2D eigenvalue weighted by Crippen LogP contribution is 2.19. The fourth-order valence-corrected chi connectivity index (χ4v) is 1.92. The summed E-state index contributed by atoms with van der Waals surface area (Å²) in [4.78, 5) is 24.5. The molecule has 0 unspecified atom stereocenters. The fourth-order valence-electron chi connectivity index (χ4n) is 1.92. The number of hydrogen-bond acceptors (Lipinski definition) is 3. The lowest BCUT2D eigenvalue weighted by Gasteiger charge is -2.30. The Balaban J connectivity index is 2.39. The van der Waals surface area contributed by atoms with Crippen LogP contribution in [0.25, 0.3) is 0 Å². The first-order valence-corrected chi connectivity index (χ1v) is 5.36. The van der Waals surface area contributed by atoms with Gasteiger partial charge in [0.2, 0.25) is 5.91 Å². The number of carbonyl (C=O) groups is 2. The minimum atomic E-state index is -0.111. The number of nitriles is 1. The standard InChI is InChI=1S/C11H16N2O2/c1-2-10(14)9-4-7-13(8-5-9)11(15)3-6-12/h9H,2-5,7-8H2,1H3. The molecular weight excluding hydrogens is 192 g/mol. The molecule has 0 aromatic rings. The number of ketones is 1. The summed E-state index contributed by atoms with van der Waals surface area (Å²) in [6, 6.07) is 1.85. The van der Waals surface area contributed by atoms with Crippen LogP contribution in [0.1, 0.15) is 32.6 Å². The molecule has 1 rings (SSSR count). The summed E-state index contributed by atoms with van der Waals surface area (Å²) < 4.78 is 0. The number of Topliss-reactive ketones (excluding diaryl/α,β-unsaturated/α-hetero) is 1. The van der Waals surface area contributed by atoms with Gasteiger partial charge in [-0.25, -0.2) is 0 Å². The molecule has 1 fully saturated rings. The van der Waals surface area contributed by atoms with Gasteiger partial charge in [-0.2, -0.15) is 5.26 Å². The molecule has 0 atom stereocenters. The average Bonchev–Trinajstić information content (AvgIpc) is 2.28. The van der Waals surface area contributed by atoms with Crippen molar-refractivity contribution in [1.29, 1.82) is 5.26 Å². The maximum atomic E-state index is 11.4. The van der Waals surface area contributed by atoms with E-state index in [-0.39, 0.29) is 18.2 Å². The molecule has 1 amide bonds. The molecule has 82 valence electrons. The second kappa shape index (κ2) is 5.50. The largest absolute Gasteiger partial charge is 0.342 e. The lowest BCUT2D eigenvalue weighted by atomic mass is 9.91. The smallest absolute Gasteiger partial charge is 0.236 e. The number of carbonyl (C=O) groups excluding carboxylic acids is 2. The van der Waals surface area contributed by atoms with E-state index in [4.69, 9.17) is 5.26 Å². The zero-order valence-electron chi connectivity index (χ0n) is 9.03. The maximum absolute atomic E-state index is 11.4. The van der Waals surface area contributed by atoms with Gasteiger partial charge in [-0.1, -0.05) is 6.92 Å². The summed E-state index contributed by atoms with van der Waals surface area (Å²) in [6.45, 7) is 3.11. The molecule has 1 saturated heterocycles. The molecule has 0 saturated carbocycles. The molecule has 4 heteroatoms. The third-order valence-corrected chi connectivity index (χ3v) is 2.88. The van der Waals surface area contributed by atoms with Crippen molar-refractivity contribution in [3.8, 4) is 6.07 Å². The minimum Gasteiger partial charge on any atom is -0.342 e. The Kier molecular flexibility index (Phi) is 4.29. The van der Waals surface area contributed by atoms with Crippen molar-refractivity contribution in [1.82, 2.24) is 4.90 Å². The molecule has 15 heavy (non-hydrogen) atoms. The highest BCUT2D eigenvalue weighted by molar-refractivity contribution is 5.82. The third kappa shape index (κ3) is 3.05. The van der Waals surface area contributed by atoms with Gasteiger partial charge in [-0.3, -0.25) is 9.59 Å². The zero-order valence-corrected chi connectivity index (χ0v) is 9.03. The molecule has 1 heterocycles. The van der Waals surface area contributed by atoms with Gasteiger partial charge in [0.25, 0.3) is 0 Å². The number of piperidine rings is 1. The van der Waals surface area contributed by atoms with E-state index in [2.05, 4.69) is 0 Å². The molecule has 0 aromatic heterocycles. The number of rotatable bonds is 3. The van der Waals surface area contributed by atoms with Crippen molar-refractivity contribution in [3.05, 3.63) is 0 Å². The van der Waals surface area contributed by atoms with Gasteiger partial charge in [-0.05, 0) is 12.8 Å². The van der Waals surface area contributed by atoms with Crippen molar-refractivity contribution in [2.45, 2.75) is 32.6 Å². The third-order valence-electron chi connectivity index (χ3n) is 2.88. The van der Waals surface area contributed by atoms with Crippen LogP contribution < -0.4 is 0 Å². The fraction of sp³-hybridized carbons (Fsp3) is 0.727. The molecular formula is C11H16N2O2. The molecule has 0 radical (unpaired) electrons. The Labute approximate surface area is 89.9 Å². The van der Waals surface area contributed by atoms with Crippen LogP contribution in [0.5, 0.6) is 0 Å². The molecule has 4 nitrogen and oxygen atoms in total. The zero-order chi connectivity index (χ0) is 11.3. The van der Waals surface area contributed by atoms with Gasteiger partial charge in [-0.15, -0.1) is 0 Å². The molecule has 0 aliphatic carbocycles. The predicted molar refractivity (Wildman–Crippen MR) is 54.8 cm³/mol. The van der Waals surface area contributed by atoms with Gasteiger partial charge in [0, 0.05) is 25.4 Å². The molecule has 1 aliphatic heterocycles. The number of likely N-dealkylation sites (tertiary alicyclic amines) is 1. The van der Waals surface area contributed by atoms with Gasteiger partial charge in [0.05, 0.1) is 6.07 Å². The summed E-state index contributed by atoms with van der Waals surface area (Å²) in [6.07, 6.45) is 2.04. The van der Waals surface area contributed by atoms with Crippen LogP contribution in [0.3, 0.4) is 0 Å². The minimum absolute atomic E-state index is 0.0492. The molecule has 0 spiro atoms. The SMILES string of the molecule is CCC(=O)C1CCN(C(=O)CC#N)CC1. The van der Waals surface area contributed by atoms with E-state index in [1.54, 1.807) is 4.90 Å². The van der Waals surface area contributed by atoms with Crippen molar-refractivity contribution < 1.29 is 9.59 Å². The average molecular weight is 208 g/mol. The van der Waals surface area contributed by atoms with Crippen molar-refractivity contribution in [2.24, 2.45) is 5.92 Å². The Morgan fingerprint density at radius 1 is 1.40 bits per heavy atom. The second-order valence-electron chi connectivity index (χ2n) is 3.81. The Morgan fingerprint density at radius 2 is 2.00 bits per heavy atom. The highest BCUT2D eigenvalue weighted by Gasteiger charge is 2.25. The van der Waals surface area contributed by atoms with Crippen LogP contribution in [0.15, 0.2) is 0 Å². The Morgan fingerprint density at radius 3 is 2.47 bits per heavy atom. The van der Waals surface area contributed by atoms with E-state index in [1.165, 1.54) is 0 Å². The van der Waals surface area contributed by atoms with Crippen LogP contribution in [0.4, 0.5) is 0 Å². The Bertz CT molecular complexity index is 285. The van der Waals surface area contributed by atoms with Gasteiger partial charge in [0.15, 0.2) is 0 Å². The topological polar surface area (TPSA) is 61.2 Å². The van der Waals surface area contributed by atoms with E-state index in [0.717, 1.165) is 12.8 Å². The van der Waals surface area contributed by atoms with Crippen LogP contribution in [-0.2, 0) is 9.59 Å². The van der Waals surface area contributed by atoms with E-state index < -0.39 is 0 Å². The summed E-state index contributed by atoms with van der Waals surface area (Å²) in [7, 11) is 0. The van der Waals surface area contributed by atoms with Crippen LogP contribution in [0.2, 0.25) is 0 Å². The first-order chi connectivity index (χ1) is 7.19. The maximum Gasteiger partial charge on any atom is 0.236 e. The molecule has 0 bridgehead atoms. The van der Waals surface area contributed by atoms with Crippen molar-refractivity contribution in [3.63, 3.8) is 0 Å².